The minimum Gasteiger partial charge on any atom is -0.312 e. The minimum absolute atomic E-state index is 0.584. The molecule has 3 nitrogen and oxygen atoms in total. The molecule has 0 aromatic carbocycles. The van der Waals surface area contributed by atoms with Crippen molar-refractivity contribution in [2.24, 2.45) is 11.8 Å². The molecule has 1 unspecified atom stereocenters. The fourth-order valence-electron chi connectivity index (χ4n) is 2.71. The van der Waals surface area contributed by atoms with Gasteiger partial charge in [-0.2, -0.15) is 5.10 Å². The predicted octanol–water partition coefficient (Wildman–Crippen LogP) is 3.55. The number of rotatable bonds is 8. The van der Waals surface area contributed by atoms with E-state index in [2.05, 4.69) is 49.0 Å². The summed E-state index contributed by atoms with van der Waals surface area (Å²) in [5.74, 6) is 1.57. The largest absolute Gasteiger partial charge is 0.312 e. The smallest absolute Gasteiger partial charge is 0.0537 e. The molecule has 3 heteroatoms. The van der Waals surface area contributed by atoms with Gasteiger partial charge in [-0.3, -0.25) is 4.68 Å². The van der Waals surface area contributed by atoms with E-state index in [-0.39, 0.29) is 0 Å². The third-order valence-electron chi connectivity index (χ3n) is 4.03. The van der Waals surface area contributed by atoms with E-state index in [9.17, 15) is 0 Å². The second kappa shape index (κ2) is 6.56. The molecule has 1 aliphatic carbocycles. The molecule has 0 saturated heterocycles. The Kier molecular flexibility index (Phi) is 5.03. The zero-order valence-corrected chi connectivity index (χ0v) is 12.9. The topological polar surface area (TPSA) is 29.9 Å². The van der Waals surface area contributed by atoms with Gasteiger partial charge in [0.15, 0.2) is 0 Å². The molecule has 0 bridgehead atoms. The summed E-state index contributed by atoms with van der Waals surface area (Å²) in [6.45, 7) is 11.1. The van der Waals surface area contributed by atoms with Gasteiger partial charge in [0.25, 0.3) is 0 Å². The standard InChI is InChI=1S/C16H29N3/c1-5-6-16-15(10-17-9-12(2)3)11-18-19(16)13(4)14-7-8-14/h11-14,17H,5-10H2,1-4H3. The SMILES string of the molecule is CCCc1c(CNCC(C)C)cnn1C(C)C1CC1. The van der Waals surface area contributed by atoms with Gasteiger partial charge in [-0.25, -0.2) is 0 Å². The molecule has 1 N–H and O–H groups in total. The summed E-state index contributed by atoms with van der Waals surface area (Å²) in [6, 6.07) is 0.584. The molecule has 0 amide bonds. The quantitative estimate of drug-likeness (QED) is 0.777. The summed E-state index contributed by atoms with van der Waals surface area (Å²) in [5, 5.41) is 8.21. The van der Waals surface area contributed by atoms with Gasteiger partial charge in [0, 0.05) is 17.8 Å². The highest BCUT2D eigenvalue weighted by Gasteiger charge is 2.31. The maximum atomic E-state index is 4.67. The average molecular weight is 263 g/mol. The first kappa shape index (κ1) is 14.6. The average Bonchev–Trinajstić information content (AvgIpc) is 3.13. The van der Waals surface area contributed by atoms with Crippen molar-refractivity contribution in [1.29, 1.82) is 0 Å². The molecule has 1 aliphatic rings. The van der Waals surface area contributed by atoms with E-state index in [0.717, 1.165) is 25.4 Å². The summed E-state index contributed by atoms with van der Waals surface area (Å²) in [7, 11) is 0. The number of hydrogen-bond acceptors (Lipinski definition) is 2. The highest BCUT2D eigenvalue weighted by Crippen LogP contribution is 2.39. The molecular formula is C16H29N3. The second-order valence-electron chi connectivity index (χ2n) is 6.41. The first-order chi connectivity index (χ1) is 9.13. The van der Waals surface area contributed by atoms with E-state index in [1.807, 2.05) is 0 Å². The highest BCUT2D eigenvalue weighted by molar-refractivity contribution is 5.19. The summed E-state index contributed by atoms with van der Waals surface area (Å²) in [5.41, 5.74) is 2.85. The predicted molar refractivity (Wildman–Crippen MR) is 80.2 cm³/mol. The van der Waals surface area contributed by atoms with Crippen LogP contribution in [0.2, 0.25) is 0 Å². The summed E-state index contributed by atoms with van der Waals surface area (Å²) in [4.78, 5) is 0. The number of aromatic nitrogens is 2. The number of hydrogen-bond donors (Lipinski definition) is 1. The second-order valence-corrected chi connectivity index (χ2v) is 6.41. The number of nitrogens with zero attached hydrogens (tertiary/aromatic N) is 2. The van der Waals surface area contributed by atoms with Crippen molar-refractivity contribution in [3.05, 3.63) is 17.5 Å². The van der Waals surface area contributed by atoms with E-state index in [1.54, 1.807) is 0 Å². The summed E-state index contributed by atoms with van der Waals surface area (Å²) < 4.78 is 2.30. The first-order valence-electron chi connectivity index (χ1n) is 7.89. The summed E-state index contributed by atoms with van der Waals surface area (Å²) >= 11 is 0. The van der Waals surface area contributed by atoms with Gasteiger partial charge >= 0.3 is 0 Å². The molecule has 1 aromatic rings. The van der Waals surface area contributed by atoms with Crippen LogP contribution in [0.4, 0.5) is 0 Å². The highest BCUT2D eigenvalue weighted by atomic mass is 15.3. The molecule has 2 rings (SSSR count). The van der Waals surface area contributed by atoms with Crippen molar-refractivity contribution >= 4 is 0 Å². The first-order valence-corrected chi connectivity index (χ1v) is 7.89. The van der Waals surface area contributed by atoms with Gasteiger partial charge in [-0.1, -0.05) is 27.2 Å². The summed E-state index contributed by atoms with van der Waals surface area (Å²) in [6.07, 6.45) is 7.19. The van der Waals surface area contributed by atoms with Crippen molar-refractivity contribution in [2.75, 3.05) is 6.54 Å². The van der Waals surface area contributed by atoms with Gasteiger partial charge in [0.2, 0.25) is 0 Å². The minimum atomic E-state index is 0.584. The third kappa shape index (κ3) is 3.82. The molecule has 1 heterocycles. The molecule has 1 fully saturated rings. The van der Waals surface area contributed by atoms with Crippen LogP contribution in [0.15, 0.2) is 6.20 Å². The van der Waals surface area contributed by atoms with Crippen LogP contribution in [-0.4, -0.2) is 16.3 Å². The molecule has 1 atom stereocenters. The Morgan fingerprint density at radius 3 is 2.68 bits per heavy atom. The van der Waals surface area contributed by atoms with Crippen LogP contribution in [0.5, 0.6) is 0 Å². The van der Waals surface area contributed by atoms with Crippen LogP contribution in [-0.2, 0) is 13.0 Å². The van der Waals surface area contributed by atoms with Crippen LogP contribution in [0.1, 0.15) is 64.3 Å². The lowest BCUT2D eigenvalue weighted by molar-refractivity contribution is 0.423. The van der Waals surface area contributed by atoms with Crippen LogP contribution >= 0.6 is 0 Å². The maximum absolute atomic E-state index is 4.67. The molecule has 19 heavy (non-hydrogen) atoms. The van der Waals surface area contributed by atoms with E-state index in [1.165, 1.54) is 30.5 Å². The maximum Gasteiger partial charge on any atom is 0.0537 e. The third-order valence-corrected chi connectivity index (χ3v) is 4.03. The molecule has 1 saturated carbocycles. The molecule has 0 radical (unpaired) electrons. The Morgan fingerprint density at radius 1 is 1.37 bits per heavy atom. The molecule has 0 spiro atoms. The zero-order chi connectivity index (χ0) is 13.8. The van der Waals surface area contributed by atoms with Gasteiger partial charge in [-0.15, -0.1) is 0 Å². The van der Waals surface area contributed by atoms with E-state index in [0.29, 0.717) is 12.0 Å². The lowest BCUT2D eigenvalue weighted by atomic mass is 10.1. The Morgan fingerprint density at radius 2 is 2.11 bits per heavy atom. The molecule has 0 aliphatic heterocycles. The van der Waals surface area contributed by atoms with E-state index >= 15 is 0 Å². The molecule has 1 aromatic heterocycles. The van der Waals surface area contributed by atoms with Gasteiger partial charge in [0.05, 0.1) is 12.2 Å². The Labute approximate surface area is 117 Å². The lowest BCUT2D eigenvalue weighted by Gasteiger charge is -2.16. The fraction of sp³-hybridized carbons (Fsp3) is 0.812. The Balaban J connectivity index is 2.04. The van der Waals surface area contributed by atoms with E-state index in [4.69, 9.17) is 0 Å². The Hall–Kier alpha value is -0.830. The van der Waals surface area contributed by atoms with Crippen LogP contribution < -0.4 is 5.32 Å². The van der Waals surface area contributed by atoms with Crippen molar-refractivity contribution in [3.63, 3.8) is 0 Å². The fourth-order valence-corrected chi connectivity index (χ4v) is 2.71. The molecule has 108 valence electrons. The normalized spacial score (nSPS) is 17.1. The van der Waals surface area contributed by atoms with Gasteiger partial charge in [-0.05, 0) is 44.6 Å². The van der Waals surface area contributed by atoms with Crippen molar-refractivity contribution < 1.29 is 0 Å². The zero-order valence-electron chi connectivity index (χ0n) is 12.9. The Bertz CT molecular complexity index is 391. The van der Waals surface area contributed by atoms with E-state index < -0.39 is 0 Å². The van der Waals surface area contributed by atoms with Crippen LogP contribution in [0, 0.1) is 11.8 Å². The van der Waals surface area contributed by atoms with Crippen molar-refractivity contribution in [2.45, 2.75) is 66.0 Å². The van der Waals surface area contributed by atoms with Crippen LogP contribution in [0.25, 0.3) is 0 Å². The lowest BCUT2D eigenvalue weighted by Crippen LogP contribution is -2.20. The van der Waals surface area contributed by atoms with Gasteiger partial charge in [0.1, 0.15) is 0 Å². The van der Waals surface area contributed by atoms with Crippen LogP contribution in [0.3, 0.4) is 0 Å². The van der Waals surface area contributed by atoms with Crippen molar-refractivity contribution in [3.8, 4) is 0 Å². The monoisotopic (exact) mass is 263 g/mol. The molecular weight excluding hydrogens is 234 g/mol. The van der Waals surface area contributed by atoms with Crippen molar-refractivity contribution in [1.82, 2.24) is 15.1 Å². The number of nitrogens with one attached hydrogen (secondary N) is 1. The van der Waals surface area contributed by atoms with Gasteiger partial charge < -0.3 is 5.32 Å².